The van der Waals surface area contributed by atoms with Crippen LogP contribution in [0.3, 0.4) is 0 Å². The summed E-state index contributed by atoms with van der Waals surface area (Å²) in [5.41, 5.74) is 0. The Kier molecular flexibility index (Phi) is 3.95. The van der Waals surface area contributed by atoms with Gasteiger partial charge in [-0.25, -0.2) is 0 Å². The summed E-state index contributed by atoms with van der Waals surface area (Å²) >= 11 is 0. The van der Waals surface area contributed by atoms with E-state index in [1.54, 1.807) is 0 Å². The van der Waals surface area contributed by atoms with Crippen LogP contribution < -0.4 is 0 Å². The first-order valence-electron chi connectivity index (χ1n) is 5.71. The third-order valence-electron chi connectivity index (χ3n) is 3.57. The molecular formula is C12H22O. The third-order valence-corrected chi connectivity index (χ3v) is 3.57. The van der Waals surface area contributed by atoms with E-state index in [1.807, 2.05) is 0 Å². The van der Waals surface area contributed by atoms with Crippen LogP contribution in [0.1, 0.15) is 52.9 Å². The van der Waals surface area contributed by atoms with Gasteiger partial charge in [-0.15, -0.1) is 0 Å². The molecule has 1 rings (SSSR count). The monoisotopic (exact) mass is 182 g/mol. The minimum atomic E-state index is 0.388. The quantitative estimate of drug-likeness (QED) is 0.653. The highest BCUT2D eigenvalue weighted by molar-refractivity contribution is 5.82. The Hall–Kier alpha value is -0.330. The van der Waals surface area contributed by atoms with Crippen molar-refractivity contribution in [1.29, 1.82) is 0 Å². The molecule has 0 bridgehead atoms. The molecule has 13 heavy (non-hydrogen) atoms. The average Bonchev–Trinajstić information content (AvgIpc) is 2.13. The fourth-order valence-electron chi connectivity index (χ4n) is 2.57. The average molecular weight is 182 g/mol. The molecule has 76 valence electrons. The molecule has 0 saturated heterocycles. The summed E-state index contributed by atoms with van der Waals surface area (Å²) in [7, 11) is 0. The summed E-state index contributed by atoms with van der Waals surface area (Å²) in [5.74, 6) is 2.34. The van der Waals surface area contributed by atoms with Crippen LogP contribution in [-0.2, 0) is 4.79 Å². The van der Waals surface area contributed by atoms with E-state index >= 15 is 0 Å². The summed E-state index contributed by atoms with van der Waals surface area (Å²) in [5, 5.41) is 0. The maximum Gasteiger partial charge on any atom is 0.136 e. The second-order valence-corrected chi connectivity index (χ2v) is 4.53. The lowest BCUT2D eigenvalue weighted by Crippen LogP contribution is -2.29. The van der Waals surface area contributed by atoms with E-state index in [1.165, 1.54) is 12.8 Å². The summed E-state index contributed by atoms with van der Waals surface area (Å²) in [6, 6.07) is 0. The van der Waals surface area contributed by atoms with Gasteiger partial charge in [0, 0.05) is 12.3 Å². The number of rotatable bonds is 3. The first-order valence-corrected chi connectivity index (χ1v) is 5.71. The van der Waals surface area contributed by atoms with E-state index < -0.39 is 0 Å². The molecule has 2 atom stereocenters. The minimum Gasteiger partial charge on any atom is -0.299 e. The number of Topliss-reactive ketones (excluding diaryl/α,β-unsaturated/α-hetero) is 1. The van der Waals surface area contributed by atoms with Gasteiger partial charge < -0.3 is 0 Å². The zero-order chi connectivity index (χ0) is 9.84. The van der Waals surface area contributed by atoms with Gasteiger partial charge >= 0.3 is 0 Å². The normalized spacial score (nSPS) is 29.7. The van der Waals surface area contributed by atoms with Gasteiger partial charge in [0.2, 0.25) is 0 Å². The number of carbonyl (C=O) groups is 1. The van der Waals surface area contributed by atoms with Gasteiger partial charge in [0.05, 0.1) is 0 Å². The van der Waals surface area contributed by atoms with Crippen molar-refractivity contribution in [2.24, 2.45) is 17.8 Å². The lowest BCUT2D eigenvalue weighted by molar-refractivity contribution is -0.127. The van der Waals surface area contributed by atoms with Gasteiger partial charge in [-0.3, -0.25) is 4.79 Å². The molecule has 0 spiro atoms. The van der Waals surface area contributed by atoms with E-state index in [-0.39, 0.29) is 0 Å². The van der Waals surface area contributed by atoms with Crippen molar-refractivity contribution in [1.82, 2.24) is 0 Å². The van der Waals surface area contributed by atoms with Crippen molar-refractivity contribution in [3.05, 3.63) is 0 Å². The predicted molar refractivity (Wildman–Crippen MR) is 55.6 cm³/mol. The Morgan fingerprint density at radius 1 is 1.38 bits per heavy atom. The van der Waals surface area contributed by atoms with Gasteiger partial charge in [0.25, 0.3) is 0 Å². The smallest absolute Gasteiger partial charge is 0.136 e. The van der Waals surface area contributed by atoms with Crippen LogP contribution in [-0.4, -0.2) is 5.78 Å². The highest BCUT2D eigenvalue weighted by Gasteiger charge is 2.30. The second kappa shape index (κ2) is 4.78. The summed E-state index contributed by atoms with van der Waals surface area (Å²) in [6.45, 7) is 6.70. The van der Waals surface area contributed by atoms with Crippen LogP contribution in [0.25, 0.3) is 0 Å². The van der Waals surface area contributed by atoms with Gasteiger partial charge in [0.1, 0.15) is 5.78 Å². The summed E-state index contributed by atoms with van der Waals surface area (Å²) < 4.78 is 0. The Labute approximate surface area is 81.9 Å². The molecule has 1 nitrogen and oxygen atoms in total. The molecule has 0 heterocycles. The molecule has 1 aliphatic rings. The molecule has 0 aromatic rings. The first-order chi connectivity index (χ1) is 6.19. The van der Waals surface area contributed by atoms with E-state index in [0.29, 0.717) is 17.6 Å². The molecule has 0 amide bonds. The number of hydrogen-bond donors (Lipinski definition) is 0. The van der Waals surface area contributed by atoms with Crippen molar-refractivity contribution in [2.75, 3.05) is 0 Å². The molecule has 0 aromatic carbocycles. The second-order valence-electron chi connectivity index (χ2n) is 4.53. The fourth-order valence-corrected chi connectivity index (χ4v) is 2.57. The zero-order valence-electron chi connectivity index (χ0n) is 9.18. The van der Waals surface area contributed by atoms with Crippen LogP contribution in [0, 0.1) is 17.8 Å². The van der Waals surface area contributed by atoms with Gasteiger partial charge in [0.15, 0.2) is 0 Å². The Balaban J connectivity index is 2.58. The maximum absolute atomic E-state index is 11.7. The summed E-state index contributed by atoms with van der Waals surface area (Å²) in [6.07, 6.45) is 5.43. The van der Waals surface area contributed by atoms with Crippen LogP contribution in [0.15, 0.2) is 0 Å². The molecule has 2 unspecified atom stereocenters. The number of ketones is 1. The lowest BCUT2D eigenvalue weighted by Gasteiger charge is -2.31. The Morgan fingerprint density at radius 3 is 2.54 bits per heavy atom. The number of carbonyl (C=O) groups excluding carboxylic acids is 1. The van der Waals surface area contributed by atoms with E-state index in [4.69, 9.17) is 0 Å². The topological polar surface area (TPSA) is 17.1 Å². The molecule has 1 heteroatoms. The minimum absolute atomic E-state index is 0.388. The SMILES string of the molecule is CCC(CC)C1CC(C)CCC1=O. The fraction of sp³-hybridized carbons (Fsp3) is 0.917. The van der Waals surface area contributed by atoms with Crippen molar-refractivity contribution in [2.45, 2.75) is 52.9 Å². The van der Waals surface area contributed by atoms with Crippen LogP contribution >= 0.6 is 0 Å². The molecule has 1 fully saturated rings. The van der Waals surface area contributed by atoms with Crippen LogP contribution in [0.5, 0.6) is 0 Å². The molecule has 0 aliphatic heterocycles. The molecule has 1 aliphatic carbocycles. The maximum atomic E-state index is 11.7. The van der Waals surface area contributed by atoms with Crippen LogP contribution in [0.4, 0.5) is 0 Å². The van der Waals surface area contributed by atoms with Gasteiger partial charge in [-0.05, 0) is 24.7 Å². The van der Waals surface area contributed by atoms with Gasteiger partial charge in [-0.1, -0.05) is 33.6 Å². The molecule has 0 N–H and O–H groups in total. The van der Waals surface area contributed by atoms with Crippen molar-refractivity contribution < 1.29 is 4.79 Å². The largest absolute Gasteiger partial charge is 0.299 e. The molecular weight excluding hydrogens is 160 g/mol. The number of hydrogen-bond acceptors (Lipinski definition) is 1. The highest BCUT2D eigenvalue weighted by Crippen LogP contribution is 2.33. The van der Waals surface area contributed by atoms with Crippen molar-refractivity contribution in [3.8, 4) is 0 Å². The Bertz CT molecular complexity index is 170. The molecule has 0 radical (unpaired) electrons. The van der Waals surface area contributed by atoms with Gasteiger partial charge in [-0.2, -0.15) is 0 Å². The molecule has 1 saturated carbocycles. The standard InChI is InChI=1S/C12H22O/c1-4-10(5-2)11-8-9(3)6-7-12(11)13/h9-11H,4-8H2,1-3H3. The Morgan fingerprint density at radius 2 is 2.00 bits per heavy atom. The highest BCUT2D eigenvalue weighted by atomic mass is 16.1. The van der Waals surface area contributed by atoms with E-state index in [2.05, 4.69) is 20.8 Å². The van der Waals surface area contributed by atoms with E-state index in [0.717, 1.165) is 25.2 Å². The van der Waals surface area contributed by atoms with Crippen molar-refractivity contribution >= 4 is 5.78 Å². The predicted octanol–water partition coefficient (Wildman–Crippen LogP) is 3.43. The molecule has 0 aromatic heterocycles. The van der Waals surface area contributed by atoms with E-state index in [9.17, 15) is 4.79 Å². The van der Waals surface area contributed by atoms with Crippen molar-refractivity contribution in [3.63, 3.8) is 0 Å². The zero-order valence-corrected chi connectivity index (χ0v) is 9.18. The first kappa shape index (κ1) is 10.7. The third kappa shape index (κ3) is 2.55. The van der Waals surface area contributed by atoms with Crippen LogP contribution in [0.2, 0.25) is 0 Å². The lowest BCUT2D eigenvalue weighted by atomic mass is 9.73. The summed E-state index contributed by atoms with van der Waals surface area (Å²) in [4.78, 5) is 11.7.